The van der Waals surface area contributed by atoms with Crippen molar-refractivity contribution in [3.05, 3.63) is 65.7 Å². The molecule has 1 unspecified atom stereocenters. The van der Waals surface area contributed by atoms with Crippen LogP contribution >= 0.6 is 0 Å². The zero-order chi connectivity index (χ0) is 14.7. The van der Waals surface area contributed by atoms with Gasteiger partial charge in [0.2, 0.25) is 5.91 Å². The number of nitrogens with two attached hydrogens (primary N) is 1. The highest BCUT2D eigenvalue weighted by Gasteiger charge is 2.32. The van der Waals surface area contributed by atoms with Crippen LogP contribution in [0.15, 0.2) is 54.6 Å². The van der Waals surface area contributed by atoms with Crippen LogP contribution in [0.4, 0.5) is 5.69 Å². The van der Waals surface area contributed by atoms with Gasteiger partial charge in [0, 0.05) is 5.69 Å². The van der Waals surface area contributed by atoms with Crippen molar-refractivity contribution in [3.63, 3.8) is 0 Å². The molecule has 0 aliphatic heterocycles. The quantitative estimate of drug-likeness (QED) is 0.853. The average Bonchev–Trinajstić information content (AvgIpc) is 3.31. The minimum absolute atomic E-state index is 0.273. The van der Waals surface area contributed by atoms with Crippen LogP contribution in [-0.2, 0) is 11.2 Å². The van der Waals surface area contributed by atoms with E-state index in [1.807, 2.05) is 30.3 Å². The van der Waals surface area contributed by atoms with Gasteiger partial charge < -0.3 is 11.1 Å². The average molecular weight is 280 g/mol. The maximum atomic E-state index is 11.2. The molecule has 1 saturated carbocycles. The lowest BCUT2D eigenvalue weighted by atomic mass is 10.0. The molecule has 0 aromatic heterocycles. The first-order valence-electron chi connectivity index (χ1n) is 7.42. The number of primary amides is 1. The smallest absolute Gasteiger partial charge is 0.221 e. The molecule has 2 aromatic carbocycles. The van der Waals surface area contributed by atoms with E-state index < -0.39 is 0 Å². The predicted molar refractivity (Wildman–Crippen MR) is 84.9 cm³/mol. The van der Waals surface area contributed by atoms with Gasteiger partial charge in [0.1, 0.15) is 0 Å². The van der Waals surface area contributed by atoms with Crippen molar-refractivity contribution in [2.24, 2.45) is 11.7 Å². The summed E-state index contributed by atoms with van der Waals surface area (Å²) in [6.45, 7) is 0. The fourth-order valence-corrected chi connectivity index (χ4v) is 2.73. The van der Waals surface area contributed by atoms with Crippen molar-refractivity contribution >= 4 is 11.6 Å². The SMILES string of the molecule is NC(=O)Cc1ccccc1NC(c1ccccc1)C1CC1. The second-order valence-electron chi connectivity index (χ2n) is 5.67. The van der Waals surface area contributed by atoms with Crippen LogP contribution in [0.1, 0.15) is 30.0 Å². The number of carbonyl (C=O) groups excluding carboxylic acids is 1. The van der Waals surface area contributed by atoms with Gasteiger partial charge in [0.05, 0.1) is 12.5 Å². The van der Waals surface area contributed by atoms with E-state index in [0.717, 1.165) is 11.3 Å². The molecular weight excluding hydrogens is 260 g/mol. The van der Waals surface area contributed by atoms with Gasteiger partial charge in [-0.1, -0.05) is 48.5 Å². The highest BCUT2D eigenvalue weighted by atomic mass is 16.1. The largest absolute Gasteiger partial charge is 0.378 e. The molecule has 3 heteroatoms. The number of benzene rings is 2. The van der Waals surface area contributed by atoms with Crippen LogP contribution in [0.25, 0.3) is 0 Å². The van der Waals surface area contributed by atoms with E-state index in [-0.39, 0.29) is 12.3 Å². The van der Waals surface area contributed by atoms with E-state index in [4.69, 9.17) is 5.73 Å². The number of amides is 1. The first-order valence-corrected chi connectivity index (χ1v) is 7.42. The van der Waals surface area contributed by atoms with Crippen molar-refractivity contribution in [1.29, 1.82) is 0 Å². The van der Waals surface area contributed by atoms with Crippen molar-refractivity contribution in [1.82, 2.24) is 0 Å². The molecule has 1 atom stereocenters. The molecule has 1 amide bonds. The molecule has 0 radical (unpaired) electrons. The third kappa shape index (κ3) is 3.43. The number of hydrogen-bond acceptors (Lipinski definition) is 2. The maximum Gasteiger partial charge on any atom is 0.221 e. The minimum Gasteiger partial charge on any atom is -0.378 e. The number of anilines is 1. The van der Waals surface area contributed by atoms with Gasteiger partial charge in [-0.3, -0.25) is 4.79 Å². The Morgan fingerprint density at radius 1 is 1.10 bits per heavy atom. The van der Waals surface area contributed by atoms with Crippen molar-refractivity contribution in [3.8, 4) is 0 Å². The molecule has 0 bridgehead atoms. The topological polar surface area (TPSA) is 55.1 Å². The van der Waals surface area contributed by atoms with E-state index in [9.17, 15) is 4.79 Å². The Bertz CT molecular complexity index is 620. The summed E-state index contributed by atoms with van der Waals surface area (Å²) in [5.74, 6) is 0.376. The van der Waals surface area contributed by atoms with Gasteiger partial charge in [-0.25, -0.2) is 0 Å². The summed E-state index contributed by atoms with van der Waals surface area (Å²) in [5, 5.41) is 3.62. The Hall–Kier alpha value is -2.29. The minimum atomic E-state index is -0.299. The fraction of sp³-hybridized carbons (Fsp3) is 0.278. The second kappa shape index (κ2) is 6.00. The molecule has 21 heavy (non-hydrogen) atoms. The van der Waals surface area contributed by atoms with Crippen LogP contribution in [-0.4, -0.2) is 5.91 Å². The lowest BCUT2D eigenvalue weighted by molar-refractivity contribution is -0.117. The lowest BCUT2D eigenvalue weighted by Crippen LogP contribution is -2.17. The highest BCUT2D eigenvalue weighted by Crippen LogP contribution is 2.43. The first kappa shape index (κ1) is 13.7. The van der Waals surface area contributed by atoms with Crippen molar-refractivity contribution in [2.45, 2.75) is 25.3 Å². The molecule has 3 N–H and O–H groups in total. The monoisotopic (exact) mass is 280 g/mol. The maximum absolute atomic E-state index is 11.2. The number of para-hydroxylation sites is 1. The molecule has 1 fully saturated rings. The fourth-order valence-electron chi connectivity index (χ4n) is 2.73. The molecule has 2 aromatic rings. The summed E-state index contributed by atoms with van der Waals surface area (Å²) in [4.78, 5) is 11.2. The van der Waals surface area contributed by atoms with Gasteiger partial charge in [0.25, 0.3) is 0 Å². The zero-order valence-electron chi connectivity index (χ0n) is 12.0. The normalized spacial score (nSPS) is 15.4. The van der Waals surface area contributed by atoms with Gasteiger partial charge >= 0.3 is 0 Å². The molecule has 1 aliphatic carbocycles. The molecule has 3 rings (SSSR count). The van der Waals surface area contributed by atoms with Crippen molar-refractivity contribution < 1.29 is 4.79 Å². The van der Waals surface area contributed by atoms with Crippen LogP contribution in [0.3, 0.4) is 0 Å². The van der Waals surface area contributed by atoms with Gasteiger partial charge in [0.15, 0.2) is 0 Å². The zero-order valence-corrected chi connectivity index (χ0v) is 12.0. The number of carbonyl (C=O) groups is 1. The summed E-state index contributed by atoms with van der Waals surface area (Å²) >= 11 is 0. The lowest BCUT2D eigenvalue weighted by Gasteiger charge is -2.22. The number of rotatable bonds is 6. The summed E-state index contributed by atoms with van der Waals surface area (Å²) in [5.41, 5.74) is 8.62. The standard InChI is InChI=1S/C18H20N2O/c19-17(21)12-15-8-4-5-9-16(15)20-18(14-10-11-14)13-6-2-1-3-7-13/h1-9,14,18,20H,10-12H2,(H2,19,21). The van der Waals surface area contributed by atoms with Crippen LogP contribution in [0, 0.1) is 5.92 Å². The molecule has 108 valence electrons. The van der Waals surface area contributed by atoms with Crippen LogP contribution < -0.4 is 11.1 Å². The Morgan fingerprint density at radius 2 is 1.76 bits per heavy atom. The summed E-state index contributed by atoms with van der Waals surface area (Å²) in [6, 6.07) is 18.7. The van der Waals surface area contributed by atoms with E-state index in [2.05, 4.69) is 29.6 Å². The Labute approximate surface area is 125 Å². The Kier molecular flexibility index (Phi) is 3.91. The molecule has 0 heterocycles. The van der Waals surface area contributed by atoms with Gasteiger partial charge in [-0.15, -0.1) is 0 Å². The Balaban J connectivity index is 1.85. The number of nitrogens with one attached hydrogen (secondary N) is 1. The molecule has 3 nitrogen and oxygen atoms in total. The summed E-state index contributed by atoms with van der Waals surface area (Å²) in [6.07, 6.45) is 2.78. The summed E-state index contributed by atoms with van der Waals surface area (Å²) in [7, 11) is 0. The molecule has 1 aliphatic rings. The van der Waals surface area contributed by atoms with E-state index in [0.29, 0.717) is 12.0 Å². The van der Waals surface area contributed by atoms with Crippen LogP contribution in [0.2, 0.25) is 0 Å². The predicted octanol–water partition coefficient (Wildman–Crippen LogP) is 3.28. The second-order valence-corrected chi connectivity index (χ2v) is 5.67. The Morgan fingerprint density at radius 3 is 2.43 bits per heavy atom. The van der Waals surface area contributed by atoms with Crippen LogP contribution in [0.5, 0.6) is 0 Å². The van der Waals surface area contributed by atoms with E-state index >= 15 is 0 Å². The van der Waals surface area contributed by atoms with Gasteiger partial charge in [-0.05, 0) is 36.0 Å². The first-order chi connectivity index (χ1) is 10.2. The van der Waals surface area contributed by atoms with E-state index in [1.54, 1.807) is 0 Å². The third-order valence-electron chi connectivity index (χ3n) is 3.95. The van der Waals surface area contributed by atoms with Crippen molar-refractivity contribution in [2.75, 3.05) is 5.32 Å². The third-order valence-corrected chi connectivity index (χ3v) is 3.95. The summed E-state index contributed by atoms with van der Waals surface area (Å²) < 4.78 is 0. The highest BCUT2D eigenvalue weighted by molar-refractivity contribution is 5.78. The van der Waals surface area contributed by atoms with E-state index in [1.165, 1.54) is 18.4 Å². The van der Waals surface area contributed by atoms with Gasteiger partial charge in [-0.2, -0.15) is 0 Å². The number of hydrogen-bond donors (Lipinski definition) is 2. The molecule has 0 spiro atoms. The molecule has 0 saturated heterocycles. The molecular formula is C18H20N2O.